The summed E-state index contributed by atoms with van der Waals surface area (Å²) in [5.41, 5.74) is 0. The van der Waals surface area contributed by atoms with Gasteiger partial charge < -0.3 is 4.90 Å². The van der Waals surface area contributed by atoms with E-state index in [0.29, 0.717) is 4.34 Å². The van der Waals surface area contributed by atoms with E-state index in [1.165, 1.54) is 11.3 Å². The first kappa shape index (κ1) is 14.0. The minimum absolute atomic E-state index is 0.0277. The van der Waals surface area contributed by atoms with E-state index >= 15 is 0 Å². The van der Waals surface area contributed by atoms with Crippen molar-refractivity contribution in [3.8, 4) is 6.07 Å². The number of nitrogens with zero attached hydrogens (tertiary/aromatic N) is 2. The topological polar surface area (TPSA) is 44.1 Å². The van der Waals surface area contributed by atoms with Crippen LogP contribution in [0.2, 0.25) is 4.34 Å². The number of hydrogen-bond acceptors (Lipinski definition) is 3. The minimum atomic E-state index is -0.247. The second-order valence-corrected chi connectivity index (χ2v) is 5.83. The van der Waals surface area contributed by atoms with Gasteiger partial charge in [-0.25, -0.2) is 0 Å². The van der Waals surface area contributed by atoms with Gasteiger partial charge in [0.2, 0.25) is 5.91 Å². The molecule has 0 N–H and O–H groups in total. The fourth-order valence-corrected chi connectivity index (χ4v) is 2.63. The lowest BCUT2D eigenvalue weighted by Gasteiger charge is -2.26. The Bertz CT molecular complexity index is 436. The fraction of sp³-hybridized carbons (Fsp3) is 0.500. The molecule has 0 aliphatic carbocycles. The van der Waals surface area contributed by atoms with Gasteiger partial charge in [-0.2, -0.15) is 5.26 Å². The summed E-state index contributed by atoms with van der Waals surface area (Å²) in [6.45, 7) is 5.78. The molecule has 0 radical (unpaired) electrons. The standard InChI is InChI=1S/C12H15ClN2OS/c1-8(2)15(7-6-14)12(16)9(3)10-4-5-11(13)17-10/h4-5,8-9H,7H2,1-3H3/t9-/m1/s1. The summed E-state index contributed by atoms with van der Waals surface area (Å²) in [6.07, 6.45) is 0. The molecule has 0 spiro atoms. The number of thiophene rings is 1. The number of rotatable bonds is 4. The molecule has 92 valence electrons. The highest BCUT2D eigenvalue weighted by atomic mass is 35.5. The third-order valence-corrected chi connectivity index (χ3v) is 3.95. The van der Waals surface area contributed by atoms with Crippen LogP contribution in [0.5, 0.6) is 0 Å². The first-order valence-corrected chi connectivity index (χ1v) is 6.59. The molecule has 5 heteroatoms. The normalized spacial score (nSPS) is 12.2. The Morgan fingerprint density at radius 1 is 1.53 bits per heavy atom. The highest BCUT2D eigenvalue weighted by Gasteiger charge is 2.24. The lowest BCUT2D eigenvalue weighted by Crippen LogP contribution is -2.39. The predicted octanol–water partition coefficient (Wildman–Crippen LogP) is 3.27. The van der Waals surface area contributed by atoms with E-state index in [4.69, 9.17) is 16.9 Å². The molecule has 0 fully saturated rings. The van der Waals surface area contributed by atoms with Crippen LogP contribution in [0, 0.1) is 11.3 Å². The van der Waals surface area contributed by atoms with Crippen molar-refractivity contribution in [1.29, 1.82) is 5.26 Å². The zero-order chi connectivity index (χ0) is 13.0. The Hall–Kier alpha value is -1.05. The molecule has 17 heavy (non-hydrogen) atoms. The summed E-state index contributed by atoms with van der Waals surface area (Å²) >= 11 is 7.26. The average molecular weight is 271 g/mol. The van der Waals surface area contributed by atoms with E-state index in [9.17, 15) is 4.79 Å². The van der Waals surface area contributed by atoms with Crippen LogP contribution in [0.15, 0.2) is 12.1 Å². The van der Waals surface area contributed by atoms with Crippen LogP contribution in [-0.2, 0) is 4.79 Å². The Kier molecular flexibility index (Phi) is 4.98. The maximum absolute atomic E-state index is 12.2. The van der Waals surface area contributed by atoms with E-state index in [0.717, 1.165) is 4.88 Å². The maximum atomic E-state index is 12.2. The Morgan fingerprint density at radius 3 is 2.59 bits per heavy atom. The van der Waals surface area contributed by atoms with Crippen molar-refractivity contribution in [3.63, 3.8) is 0 Å². The van der Waals surface area contributed by atoms with E-state index in [-0.39, 0.29) is 24.4 Å². The number of hydrogen-bond donors (Lipinski definition) is 0. The van der Waals surface area contributed by atoms with Gasteiger partial charge in [0.05, 0.1) is 16.3 Å². The Morgan fingerprint density at radius 2 is 2.18 bits per heavy atom. The SMILES string of the molecule is CC(C)N(CC#N)C(=O)[C@H](C)c1ccc(Cl)s1. The van der Waals surface area contributed by atoms with Crippen molar-refractivity contribution < 1.29 is 4.79 Å². The zero-order valence-corrected chi connectivity index (χ0v) is 11.7. The molecule has 3 nitrogen and oxygen atoms in total. The monoisotopic (exact) mass is 270 g/mol. The molecule has 0 bridgehead atoms. The van der Waals surface area contributed by atoms with Gasteiger partial charge >= 0.3 is 0 Å². The van der Waals surface area contributed by atoms with Gasteiger partial charge in [0.25, 0.3) is 0 Å². The first-order chi connectivity index (χ1) is 7.97. The molecule has 1 rings (SSSR count). The lowest BCUT2D eigenvalue weighted by molar-refractivity contribution is -0.133. The zero-order valence-electron chi connectivity index (χ0n) is 10.1. The van der Waals surface area contributed by atoms with Crippen molar-refractivity contribution >= 4 is 28.8 Å². The number of carbonyl (C=O) groups is 1. The van der Waals surface area contributed by atoms with Crippen LogP contribution in [0.25, 0.3) is 0 Å². The molecule has 0 saturated carbocycles. The van der Waals surface area contributed by atoms with E-state index in [1.807, 2.05) is 32.9 Å². The quantitative estimate of drug-likeness (QED) is 0.788. The van der Waals surface area contributed by atoms with Gasteiger partial charge in [-0.15, -0.1) is 11.3 Å². The fourth-order valence-electron chi connectivity index (χ4n) is 1.52. The van der Waals surface area contributed by atoms with Crippen molar-refractivity contribution in [2.75, 3.05) is 6.54 Å². The van der Waals surface area contributed by atoms with E-state index in [2.05, 4.69) is 0 Å². The second-order valence-electron chi connectivity index (χ2n) is 4.08. The third kappa shape index (κ3) is 3.45. The van der Waals surface area contributed by atoms with Crippen LogP contribution in [0.3, 0.4) is 0 Å². The molecule has 1 atom stereocenters. The lowest BCUT2D eigenvalue weighted by atomic mass is 10.1. The highest BCUT2D eigenvalue weighted by Crippen LogP contribution is 2.29. The molecule has 0 aliphatic rings. The van der Waals surface area contributed by atoms with E-state index in [1.54, 1.807) is 11.0 Å². The number of carbonyl (C=O) groups excluding carboxylic acids is 1. The summed E-state index contributed by atoms with van der Waals surface area (Å²) < 4.78 is 0.677. The van der Waals surface area contributed by atoms with Gasteiger partial charge in [0, 0.05) is 10.9 Å². The number of nitriles is 1. The summed E-state index contributed by atoms with van der Waals surface area (Å²) in [7, 11) is 0. The largest absolute Gasteiger partial charge is 0.326 e. The Labute approximate surface area is 111 Å². The molecule has 1 aromatic rings. The van der Waals surface area contributed by atoms with Crippen molar-refractivity contribution in [1.82, 2.24) is 4.90 Å². The molecule has 0 aliphatic heterocycles. The van der Waals surface area contributed by atoms with Crippen LogP contribution in [-0.4, -0.2) is 23.4 Å². The molecular formula is C12H15ClN2OS. The first-order valence-electron chi connectivity index (χ1n) is 5.40. The van der Waals surface area contributed by atoms with Crippen LogP contribution in [0.1, 0.15) is 31.6 Å². The summed E-state index contributed by atoms with van der Waals surface area (Å²) in [4.78, 5) is 14.7. The molecular weight excluding hydrogens is 256 g/mol. The van der Waals surface area contributed by atoms with Crippen molar-refractivity contribution in [2.24, 2.45) is 0 Å². The average Bonchev–Trinajstić information content (AvgIpc) is 2.70. The van der Waals surface area contributed by atoms with E-state index < -0.39 is 0 Å². The minimum Gasteiger partial charge on any atom is -0.326 e. The number of amides is 1. The molecule has 0 unspecified atom stereocenters. The summed E-state index contributed by atoms with van der Waals surface area (Å²) in [5, 5.41) is 8.73. The molecule has 1 aromatic heterocycles. The smallest absolute Gasteiger partial charge is 0.231 e. The van der Waals surface area contributed by atoms with Gasteiger partial charge in [-0.1, -0.05) is 11.6 Å². The maximum Gasteiger partial charge on any atom is 0.231 e. The molecule has 1 heterocycles. The van der Waals surface area contributed by atoms with Crippen molar-refractivity contribution in [3.05, 3.63) is 21.3 Å². The molecule has 0 aromatic carbocycles. The summed E-state index contributed by atoms with van der Waals surface area (Å²) in [5.74, 6) is -0.275. The van der Waals surface area contributed by atoms with Gasteiger partial charge in [-0.3, -0.25) is 4.79 Å². The third-order valence-electron chi connectivity index (χ3n) is 2.54. The molecule has 0 saturated heterocycles. The summed E-state index contributed by atoms with van der Waals surface area (Å²) in [6, 6.07) is 5.70. The predicted molar refractivity (Wildman–Crippen MR) is 70.2 cm³/mol. The van der Waals surface area contributed by atoms with Crippen LogP contribution < -0.4 is 0 Å². The van der Waals surface area contributed by atoms with Crippen LogP contribution in [0.4, 0.5) is 0 Å². The Balaban J connectivity index is 2.84. The van der Waals surface area contributed by atoms with Gasteiger partial charge in [0.15, 0.2) is 0 Å². The highest BCUT2D eigenvalue weighted by molar-refractivity contribution is 7.16. The number of halogens is 1. The van der Waals surface area contributed by atoms with Gasteiger partial charge in [0.1, 0.15) is 6.54 Å². The van der Waals surface area contributed by atoms with Crippen LogP contribution >= 0.6 is 22.9 Å². The van der Waals surface area contributed by atoms with Crippen molar-refractivity contribution in [2.45, 2.75) is 32.7 Å². The molecule has 1 amide bonds. The second kappa shape index (κ2) is 6.04. The van der Waals surface area contributed by atoms with Gasteiger partial charge in [-0.05, 0) is 32.9 Å².